The van der Waals surface area contributed by atoms with Crippen LogP contribution in [0.1, 0.15) is 169 Å². The molecule has 4 amide bonds. The number of hydrogen-bond donors (Lipinski definition) is 8. The fourth-order valence-corrected chi connectivity index (χ4v) is 3.83. The summed E-state index contributed by atoms with van der Waals surface area (Å²) in [5, 5.41) is 43.4. The van der Waals surface area contributed by atoms with Gasteiger partial charge in [0.1, 0.15) is 40.1 Å². The quantitative estimate of drug-likeness (QED) is 0.0173. The Morgan fingerprint density at radius 2 is 0.987 bits per heavy atom. The molecule has 0 fully saturated rings. The summed E-state index contributed by atoms with van der Waals surface area (Å²) in [5.41, 5.74) is -1.48. The van der Waals surface area contributed by atoms with Gasteiger partial charge in [0, 0.05) is 18.1 Å². The Bertz CT molecular complexity index is 2030. The summed E-state index contributed by atoms with van der Waals surface area (Å²) in [6.07, 6.45) is 4.21. The molecular formula is C45H78ClLiN8O20. The average Bonchev–Trinajstić information content (AvgIpc) is 3.92. The van der Waals surface area contributed by atoms with E-state index in [1.807, 2.05) is 0 Å². The van der Waals surface area contributed by atoms with Gasteiger partial charge in [0.2, 0.25) is 11.5 Å². The van der Waals surface area contributed by atoms with Crippen LogP contribution in [0.2, 0.25) is 0 Å². The Labute approximate surface area is 455 Å². The first-order valence-electron chi connectivity index (χ1n) is 21.8. The maximum Gasteiger partial charge on any atom is 1.00 e. The molecule has 0 bridgehead atoms. The number of carbonyl (C=O) groups is 8. The van der Waals surface area contributed by atoms with Crippen LogP contribution >= 0.6 is 12.4 Å². The van der Waals surface area contributed by atoms with Crippen molar-refractivity contribution in [1.29, 1.82) is 0 Å². The summed E-state index contributed by atoms with van der Waals surface area (Å²) < 4.78 is 38.6. The molecule has 0 aliphatic carbocycles. The molecule has 2 aromatic rings. The van der Waals surface area contributed by atoms with Crippen LogP contribution in [-0.2, 0) is 38.0 Å². The van der Waals surface area contributed by atoms with E-state index in [1.54, 1.807) is 131 Å². The number of nitrogens with two attached hydrogens (primary N) is 1. The average molecular weight is 1090 g/mol. The summed E-state index contributed by atoms with van der Waals surface area (Å²) >= 11 is 0. The molecule has 30 heteroatoms. The minimum atomic E-state index is -1.21. The van der Waals surface area contributed by atoms with Crippen molar-refractivity contribution in [3.05, 3.63) is 35.0 Å². The number of halogens is 1. The number of aromatic carboxylic acids is 1. The third-order valence-corrected chi connectivity index (χ3v) is 6.47. The zero-order valence-electron chi connectivity index (χ0n) is 46.3. The number of aromatic nitrogens is 2. The molecule has 28 nitrogen and oxygen atoms in total. The van der Waals surface area contributed by atoms with Gasteiger partial charge in [0.25, 0.3) is 0 Å². The molecule has 0 radical (unpaired) electrons. The number of amides is 4. The standard InChI is InChI=1S/C13H20N2O5.C11H16N2O5.C8H16N2O3.C8H15NO3.C5H6O2.ClH.Li.H3NO.H2O/c1-6-18-11(16)10-7-9(15-20-10)8(2)14-12(17)19-13(3,4)5;1-6(12-10(16)17-11(2,3)4)7-5-8(9(14)15)18-13-7;1-6(5-9-12)10-7(11)13-8(2,3)4;1-6(5-10)9-7(11)12-8(2,3)4;1-3-5(6)7-4-2;;;1-2;/h7-8H,6H2,1-5H3,(H,14,17);5-6H,1-4H3,(H,12,16)(H,14,15);5-6,12H,1-4H3,(H,10,11);5-6H,1-4H3,(H,9,11);1H,4H2,2H3;1H;;2H,1H2;1H2/q;;;;;;+1;;/p-1/t8-;3*6-;;;;;/m1111...../s1. The molecule has 0 saturated heterocycles. The predicted octanol–water partition coefficient (Wildman–Crippen LogP) is 3.62. The van der Waals surface area contributed by atoms with Gasteiger partial charge in [0.05, 0.1) is 43.6 Å². The fraction of sp³-hybridized carbons (Fsp3) is 0.622. The van der Waals surface area contributed by atoms with E-state index >= 15 is 0 Å². The number of hydrogen-bond acceptors (Lipinski definition) is 23. The fourth-order valence-electron chi connectivity index (χ4n) is 3.83. The Balaban J connectivity index is -0.000000156. The molecule has 0 aliphatic heterocycles. The third-order valence-electron chi connectivity index (χ3n) is 6.47. The zero-order chi connectivity index (χ0) is 57.2. The zero-order valence-corrected chi connectivity index (χ0v) is 47.1. The van der Waals surface area contributed by atoms with Crippen molar-refractivity contribution in [3.8, 4) is 12.3 Å². The molecule has 75 heavy (non-hydrogen) atoms. The minimum absolute atomic E-state index is 0. The van der Waals surface area contributed by atoms with E-state index in [0.717, 1.165) is 0 Å². The maximum atomic E-state index is 11.6. The number of nitrogens with zero attached hydrogens (tertiary/aromatic N) is 3. The second-order valence-electron chi connectivity index (χ2n) is 18.1. The monoisotopic (exact) mass is 1090 g/mol. The minimum Gasteiger partial charge on any atom is -0.870 e. The van der Waals surface area contributed by atoms with Crippen molar-refractivity contribution in [2.24, 2.45) is 11.1 Å². The Morgan fingerprint density at radius 3 is 1.25 bits per heavy atom. The number of ether oxygens (including phenoxy) is 6. The molecule has 2 rings (SSSR count). The summed E-state index contributed by atoms with van der Waals surface area (Å²) in [7, 11) is 0. The molecule has 0 aliphatic rings. The Hall–Kier alpha value is -6.62. The van der Waals surface area contributed by atoms with Gasteiger partial charge in [-0.1, -0.05) is 15.5 Å². The van der Waals surface area contributed by atoms with E-state index < -0.39 is 82.8 Å². The number of carboxylic acid groups (broad SMARTS) is 1. The van der Waals surface area contributed by atoms with Crippen LogP contribution in [0.4, 0.5) is 19.2 Å². The summed E-state index contributed by atoms with van der Waals surface area (Å²) in [5.74, 6) is 2.64. The van der Waals surface area contributed by atoms with Crippen molar-refractivity contribution < 1.29 is 116 Å². The van der Waals surface area contributed by atoms with Gasteiger partial charge in [-0.2, -0.15) is 0 Å². The SMILES string of the molecule is C#CC(=O)OCC.CCOC(=O)c1cc([C@@H](C)NC(=O)OC(C)(C)C)no1.C[C@@H](NC(=O)OC(C)(C)C)c1cc(C(=O)O)on1.C[C@H](C=NO)NC(=O)OC(C)(C)C.C[C@H](C=O)NC(=O)OC(C)(C)C.Cl.NO.[Li+].[OH-]. The maximum absolute atomic E-state index is 11.6. The van der Waals surface area contributed by atoms with E-state index in [-0.39, 0.29) is 60.9 Å². The van der Waals surface area contributed by atoms with Crippen molar-refractivity contribution >= 4 is 67.2 Å². The Morgan fingerprint density at radius 1 is 0.667 bits per heavy atom. The number of aldehydes is 1. The first-order valence-corrected chi connectivity index (χ1v) is 21.8. The van der Waals surface area contributed by atoms with Crippen LogP contribution < -0.4 is 46.0 Å². The molecule has 2 heterocycles. The number of alkyl carbamates (subject to hydrolysis) is 4. The largest absolute Gasteiger partial charge is 1.00 e. The van der Waals surface area contributed by atoms with Crippen LogP contribution in [0.25, 0.3) is 0 Å². The van der Waals surface area contributed by atoms with Crippen LogP contribution in [0.5, 0.6) is 0 Å². The van der Waals surface area contributed by atoms with Gasteiger partial charge >= 0.3 is 61.1 Å². The number of carboxylic acids is 1. The second kappa shape index (κ2) is 41.7. The van der Waals surface area contributed by atoms with Crippen LogP contribution in [0, 0.1) is 12.3 Å². The van der Waals surface area contributed by atoms with Crippen molar-refractivity contribution in [2.45, 2.75) is 171 Å². The topological polar surface area (TPSA) is 421 Å². The first-order chi connectivity index (χ1) is 32.9. The molecule has 0 unspecified atom stereocenters. The van der Waals surface area contributed by atoms with Gasteiger partial charge in [-0.05, 0) is 125 Å². The van der Waals surface area contributed by atoms with E-state index in [4.69, 9.17) is 43.7 Å². The molecule has 0 spiro atoms. The van der Waals surface area contributed by atoms with Crippen molar-refractivity contribution in [1.82, 2.24) is 31.6 Å². The van der Waals surface area contributed by atoms with E-state index in [9.17, 15) is 38.4 Å². The summed E-state index contributed by atoms with van der Waals surface area (Å²) in [6, 6.07) is 0.887. The summed E-state index contributed by atoms with van der Waals surface area (Å²) in [6.45, 7) is 31.8. The van der Waals surface area contributed by atoms with Gasteiger partial charge in [0.15, 0.2) is 0 Å². The normalized spacial score (nSPS) is 11.8. The van der Waals surface area contributed by atoms with Gasteiger partial charge < -0.3 is 84.5 Å². The Kier molecular flexibility index (Phi) is 45.8. The number of terminal acetylenes is 1. The first kappa shape index (κ1) is 82.4. The third kappa shape index (κ3) is 49.4. The summed E-state index contributed by atoms with van der Waals surface area (Å²) in [4.78, 5) is 87.2. The molecule has 0 saturated carbocycles. The molecule has 4 atom stereocenters. The molecular weight excluding hydrogens is 1010 g/mol. The van der Waals surface area contributed by atoms with Crippen molar-refractivity contribution in [2.75, 3.05) is 13.2 Å². The number of nitrogens with one attached hydrogen (secondary N) is 4. The van der Waals surface area contributed by atoms with Crippen LogP contribution in [0.3, 0.4) is 0 Å². The second-order valence-corrected chi connectivity index (χ2v) is 18.1. The van der Waals surface area contributed by atoms with Crippen LogP contribution in [-0.4, -0.2) is 134 Å². The molecule has 426 valence electrons. The number of rotatable bonds is 12. The molecule has 10 N–H and O–H groups in total. The smallest absolute Gasteiger partial charge is 0.870 e. The van der Waals surface area contributed by atoms with Gasteiger partial charge in [-0.3, -0.25) is 0 Å². The molecule has 0 aromatic carbocycles. The van der Waals surface area contributed by atoms with E-state index in [1.165, 1.54) is 18.3 Å². The number of carbonyl (C=O) groups excluding carboxylic acids is 7. The van der Waals surface area contributed by atoms with Gasteiger partial charge in [-0.15, -0.1) is 18.8 Å². The van der Waals surface area contributed by atoms with Crippen molar-refractivity contribution in [3.63, 3.8) is 0 Å². The molecule has 2 aromatic heterocycles. The number of oxime groups is 1. The predicted molar refractivity (Wildman–Crippen MR) is 266 cm³/mol. The number of esters is 2. The van der Waals surface area contributed by atoms with E-state index in [0.29, 0.717) is 24.3 Å². The van der Waals surface area contributed by atoms with Gasteiger partial charge in [-0.25, -0.2) is 39.5 Å². The van der Waals surface area contributed by atoms with E-state index in [2.05, 4.69) is 58.3 Å². The van der Waals surface area contributed by atoms with Crippen LogP contribution in [0.15, 0.2) is 26.3 Å².